The van der Waals surface area contributed by atoms with Crippen LogP contribution in [0.4, 0.5) is 11.6 Å². The fourth-order valence-electron chi connectivity index (χ4n) is 0.592. The Labute approximate surface area is 58.1 Å². The van der Waals surface area contributed by atoms with Gasteiger partial charge < -0.3 is 11.1 Å². The number of nitrogens with one attached hydrogen (secondary N) is 1. The van der Waals surface area contributed by atoms with Gasteiger partial charge in [-0.25, -0.2) is 4.98 Å². The first-order valence-corrected chi connectivity index (χ1v) is 2.75. The van der Waals surface area contributed by atoms with Crippen molar-refractivity contribution in [3.63, 3.8) is 0 Å². The van der Waals surface area contributed by atoms with E-state index in [1.54, 1.807) is 18.2 Å². The van der Waals surface area contributed by atoms with Gasteiger partial charge in [0.25, 0.3) is 0 Å². The molecule has 0 aliphatic carbocycles. The van der Waals surface area contributed by atoms with Crippen molar-refractivity contribution in [3.05, 3.63) is 18.2 Å². The lowest BCUT2D eigenvalue weighted by atomic mass is 10.4. The van der Waals surface area contributed by atoms with Gasteiger partial charge in [-0.2, -0.15) is 0 Å². The zero-order valence-corrected chi connectivity index (χ0v) is 5.24. The van der Waals surface area contributed by atoms with Crippen molar-refractivity contribution < 1.29 is 4.79 Å². The van der Waals surface area contributed by atoms with E-state index in [-0.39, 0.29) is 0 Å². The molecule has 52 valence electrons. The highest BCUT2D eigenvalue weighted by atomic mass is 16.1. The first-order chi connectivity index (χ1) is 4.83. The van der Waals surface area contributed by atoms with Crippen molar-refractivity contribution in [1.29, 1.82) is 0 Å². The van der Waals surface area contributed by atoms with E-state index in [0.29, 0.717) is 18.0 Å². The number of pyridine rings is 1. The Morgan fingerprint density at radius 3 is 3.00 bits per heavy atom. The molecule has 0 saturated heterocycles. The number of aromatic nitrogens is 1. The second-order valence-corrected chi connectivity index (χ2v) is 1.71. The Bertz CT molecular complexity index is 236. The van der Waals surface area contributed by atoms with Crippen LogP contribution in [0.3, 0.4) is 0 Å². The minimum Gasteiger partial charge on any atom is -0.384 e. The normalized spacial score (nSPS) is 8.80. The molecule has 10 heavy (non-hydrogen) atoms. The summed E-state index contributed by atoms with van der Waals surface area (Å²) < 4.78 is 0. The molecule has 1 aromatic heterocycles. The summed E-state index contributed by atoms with van der Waals surface area (Å²) in [6, 6.07) is 5.02. The Morgan fingerprint density at radius 2 is 2.40 bits per heavy atom. The molecule has 0 radical (unpaired) electrons. The number of nitrogens with two attached hydrogens (primary N) is 1. The van der Waals surface area contributed by atoms with Crippen LogP contribution in [-0.2, 0) is 4.79 Å². The highest BCUT2D eigenvalue weighted by molar-refractivity contribution is 5.69. The first kappa shape index (κ1) is 6.54. The van der Waals surface area contributed by atoms with Crippen LogP contribution >= 0.6 is 0 Å². The molecule has 0 bridgehead atoms. The molecule has 4 heteroatoms. The number of anilines is 2. The van der Waals surface area contributed by atoms with Gasteiger partial charge in [-0.15, -0.1) is 0 Å². The number of nitrogen functional groups attached to an aromatic ring is 1. The van der Waals surface area contributed by atoms with Gasteiger partial charge in [-0.1, -0.05) is 6.07 Å². The average molecular weight is 137 g/mol. The number of rotatable bonds is 2. The Hall–Kier alpha value is -1.58. The van der Waals surface area contributed by atoms with Gasteiger partial charge in [0, 0.05) is 0 Å². The summed E-state index contributed by atoms with van der Waals surface area (Å²) in [6.07, 6.45) is 0.557. The van der Waals surface area contributed by atoms with Gasteiger partial charge in [0.05, 0.1) is 0 Å². The fraction of sp³-hybridized carbons (Fsp3) is 0. The second-order valence-electron chi connectivity index (χ2n) is 1.71. The number of carbonyl (C=O) groups is 1. The van der Waals surface area contributed by atoms with E-state index in [4.69, 9.17) is 5.73 Å². The van der Waals surface area contributed by atoms with Gasteiger partial charge in [0.15, 0.2) is 0 Å². The van der Waals surface area contributed by atoms with E-state index in [1.165, 1.54) is 0 Å². The van der Waals surface area contributed by atoms with Gasteiger partial charge in [-0.3, -0.25) is 4.79 Å². The van der Waals surface area contributed by atoms with E-state index in [9.17, 15) is 4.79 Å². The average Bonchev–Trinajstić information content (AvgIpc) is 1.88. The molecule has 4 nitrogen and oxygen atoms in total. The molecule has 1 aromatic rings. The van der Waals surface area contributed by atoms with Crippen molar-refractivity contribution in [3.8, 4) is 0 Å². The molecule has 0 aliphatic heterocycles. The van der Waals surface area contributed by atoms with E-state index in [1.807, 2.05) is 0 Å². The molecule has 1 rings (SSSR count). The first-order valence-electron chi connectivity index (χ1n) is 2.75. The van der Waals surface area contributed by atoms with Crippen LogP contribution in [0, 0.1) is 0 Å². The third kappa shape index (κ3) is 1.45. The number of carbonyl (C=O) groups excluding carboxylic acids is 1. The van der Waals surface area contributed by atoms with Gasteiger partial charge in [0.2, 0.25) is 6.41 Å². The minimum absolute atomic E-state index is 0.395. The Morgan fingerprint density at radius 1 is 1.60 bits per heavy atom. The molecule has 0 spiro atoms. The predicted octanol–water partition coefficient (Wildman–Crippen LogP) is 0.232. The summed E-state index contributed by atoms with van der Waals surface area (Å²) in [5.74, 6) is 0.863. The lowest BCUT2D eigenvalue weighted by Crippen LogP contribution is -1.98. The fourth-order valence-corrected chi connectivity index (χ4v) is 0.592. The number of amides is 1. The zero-order valence-electron chi connectivity index (χ0n) is 5.24. The van der Waals surface area contributed by atoms with Crippen LogP contribution in [0.25, 0.3) is 0 Å². The molecule has 0 aliphatic rings. The van der Waals surface area contributed by atoms with E-state index < -0.39 is 0 Å². The SMILES string of the molecule is Nc1cccc(NC=O)n1. The molecule has 0 atom stereocenters. The lowest BCUT2D eigenvalue weighted by molar-refractivity contribution is -0.105. The molecule has 0 unspecified atom stereocenters. The van der Waals surface area contributed by atoms with Crippen molar-refractivity contribution in [2.45, 2.75) is 0 Å². The summed E-state index contributed by atoms with van der Waals surface area (Å²) in [6.45, 7) is 0. The Kier molecular flexibility index (Phi) is 1.84. The number of hydrogen-bond acceptors (Lipinski definition) is 3. The predicted molar refractivity (Wildman–Crippen MR) is 38.3 cm³/mol. The molecule has 3 N–H and O–H groups in total. The van der Waals surface area contributed by atoms with Crippen molar-refractivity contribution in [2.75, 3.05) is 11.1 Å². The van der Waals surface area contributed by atoms with Crippen LogP contribution in [0.5, 0.6) is 0 Å². The zero-order chi connectivity index (χ0) is 7.40. The van der Waals surface area contributed by atoms with E-state index in [2.05, 4.69) is 10.3 Å². The smallest absolute Gasteiger partial charge is 0.212 e. The maximum absolute atomic E-state index is 9.89. The summed E-state index contributed by atoms with van der Waals surface area (Å²) in [7, 11) is 0. The van der Waals surface area contributed by atoms with Crippen LogP contribution < -0.4 is 11.1 Å². The van der Waals surface area contributed by atoms with E-state index >= 15 is 0 Å². The lowest BCUT2D eigenvalue weighted by Gasteiger charge is -1.96. The number of nitrogens with zero attached hydrogens (tertiary/aromatic N) is 1. The topological polar surface area (TPSA) is 68.0 Å². The van der Waals surface area contributed by atoms with Crippen molar-refractivity contribution in [2.24, 2.45) is 0 Å². The highest BCUT2D eigenvalue weighted by Gasteiger charge is 1.89. The van der Waals surface area contributed by atoms with Gasteiger partial charge >= 0.3 is 0 Å². The maximum Gasteiger partial charge on any atom is 0.212 e. The van der Waals surface area contributed by atoms with Crippen LogP contribution in [0.1, 0.15) is 0 Å². The molecular weight excluding hydrogens is 130 g/mol. The van der Waals surface area contributed by atoms with Crippen LogP contribution in [-0.4, -0.2) is 11.4 Å². The van der Waals surface area contributed by atoms with E-state index in [0.717, 1.165) is 0 Å². The molecular formula is C6H7N3O. The largest absolute Gasteiger partial charge is 0.384 e. The number of hydrogen-bond donors (Lipinski definition) is 2. The third-order valence-corrected chi connectivity index (χ3v) is 0.977. The van der Waals surface area contributed by atoms with Gasteiger partial charge in [0.1, 0.15) is 11.6 Å². The second kappa shape index (κ2) is 2.82. The standard InChI is InChI=1S/C6H7N3O/c7-5-2-1-3-6(9-5)8-4-10/h1-4H,(H3,7,8,9,10). The molecule has 1 heterocycles. The van der Waals surface area contributed by atoms with Gasteiger partial charge in [-0.05, 0) is 12.1 Å². The summed E-state index contributed by atoms with van der Waals surface area (Å²) in [4.78, 5) is 13.7. The molecule has 0 saturated carbocycles. The Balaban J connectivity index is 2.84. The maximum atomic E-state index is 9.89. The summed E-state index contributed by atoms with van der Waals surface area (Å²) in [5.41, 5.74) is 5.32. The minimum atomic E-state index is 0.395. The summed E-state index contributed by atoms with van der Waals surface area (Å²) >= 11 is 0. The molecule has 0 aromatic carbocycles. The highest BCUT2D eigenvalue weighted by Crippen LogP contribution is 2.03. The summed E-state index contributed by atoms with van der Waals surface area (Å²) in [5, 5.41) is 2.38. The molecule has 1 amide bonds. The monoisotopic (exact) mass is 137 g/mol. The molecule has 0 fully saturated rings. The van der Waals surface area contributed by atoms with Crippen LogP contribution in [0.2, 0.25) is 0 Å². The van der Waals surface area contributed by atoms with Crippen LogP contribution in [0.15, 0.2) is 18.2 Å². The third-order valence-electron chi connectivity index (χ3n) is 0.977. The van der Waals surface area contributed by atoms with Crippen molar-refractivity contribution in [1.82, 2.24) is 4.98 Å². The quantitative estimate of drug-likeness (QED) is 0.573. The van der Waals surface area contributed by atoms with Crippen molar-refractivity contribution >= 4 is 18.0 Å².